The summed E-state index contributed by atoms with van der Waals surface area (Å²) >= 11 is 5.85. The van der Waals surface area contributed by atoms with Gasteiger partial charge < -0.3 is 14.8 Å². The van der Waals surface area contributed by atoms with Crippen LogP contribution in [0.3, 0.4) is 0 Å². The Morgan fingerprint density at radius 3 is 2.54 bits per heavy atom. The molecule has 0 spiro atoms. The molecular weight excluding hydrogens is 356 g/mol. The highest BCUT2D eigenvalue weighted by Gasteiger charge is 2.09. The normalized spacial score (nSPS) is 11.0. The third-order valence-electron chi connectivity index (χ3n) is 3.68. The Labute approximate surface area is 153 Å². The van der Waals surface area contributed by atoms with E-state index in [1.807, 2.05) is 6.07 Å². The van der Waals surface area contributed by atoms with E-state index >= 15 is 0 Å². The van der Waals surface area contributed by atoms with E-state index in [0.29, 0.717) is 17.1 Å². The van der Waals surface area contributed by atoms with Crippen LogP contribution in [0.15, 0.2) is 65.8 Å². The number of hydrogen-bond acceptors (Lipinski definition) is 3. The molecule has 3 rings (SSSR count). The first-order valence-electron chi connectivity index (χ1n) is 7.54. The Morgan fingerprint density at radius 2 is 1.81 bits per heavy atom. The lowest BCUT2D eigenvalue weighted by Crippen LogP contribution is -2.01. The predicted molar refractivity (Wildman–Crippen MR) is 98.4 cm³/mol. The lowest BCUT2D eigenvalue weighted by Gasteiger charge is -2.07. The van der Waals surface area contributed by atoms with E-state index in [0.717, 1.165) is 0 Å². The van der Waals surface area contributed by atoms with Crippen LogP contribution in [0.1, 0.15) is 26.4 Å². The van der Waals surface area contributed by atoms with Gasteiger partial charge in [0, 0.05) is 11.9 Å². The summed E-state index contributed by atoms with van der Waals surface area (Å²) < 4.78 is 1.78. The molecule has 0 bridgehead atoms. The summed E-state index contributed by atoms with van der Waals surface area (Å²) in [6.07, 6.45) is 3.36. The highest BCUT2D eigenvalue weighted by molar-refractivity contribution is 6.33. The van der Waals surface area contributed by atoms with Gasteiger partial charge in [0.15, 0.2) is 0 Å². The van der Waals surface area contributed by atoms with Gasteiger partial charge in [0.05, 0.1) is 33.7 Å². The summed E-state index contributed by atoms with van der Waals surface area (Å²) in [5, 5.41) is 18.4. The van der Waals surface area contributed by atoms with E-state index in [9.17, 15) is 9.59 Å². The maximum atomic E-state index is 11.1. The van der Waals surface area contributed by atoms with E-state index in [1.54, 1.807) is 47.3 Å². The monoisotopic (exact) mass is 368 g/mol. The molecule has 7 heteroatoms. The zero-order valence-electron chi connectivity index (χ0n) is 13.3. The van der Waals surface area contributed by atoms with Crippen molar-refractivity contribution in [3.8, 4) is 5.69 Å². The molecule has 2 aromatic carbocycles. The van der Waals surface area contributed by atoms with E-state index in [4.69, 9.17) is 21.8 Å². The minimum atomic E-state index is -1.12. The molecule has 0 radical (unpaired) electrons. The fourth-order valence-corrected chi connectivity index (χ4v) is 2.62. The van der Waals surface area contributed by atoms with Gasteiger partial charge in [-0.25, -0.2) is 9.59 Å². The largest absolute Gasteiger partial charge is 0.478 e. The molecule has 0 saturated heterocycles. The lowest BCUT2D eigenvalue weighted by atomic mass is 10.2. The first-order valence-corrected chi connectivity index (χ1v) is 7.91. The number of benzene rings is 2. The van der Waals surface area contributed by atoms with Gasteiger partial charge in [-0.05, 0) is 48.5 Å². The maximum Gasteiger partial charge on any atom is 0.337 e. The predicted octanol–water partition coefficient (Wildman–Crippen LogP) is 4.28. The van der Waals surface area contributed by atoms with Crippen LogP contribution in [0.5, 0.6) is 0 Å². The van der Waals surface area contributed by atoms with Crippen LogP contribution >= 0.6 is 11.6 Å². The van der Waals surface area contributed by atoms with Crippen molar-refractivity contribution in [2.75, 3.05) is 0 Å². The highest BCUT2D eigenvalue weighted by Crippen LogP contribution is 2.23. The van der Waals surface area contributed by atoms with Crippen molar-refractivity contribution >= 4 is 35.4 Å². The highest BCUT2D eigenvalue weighted by atomic mass is 35.5. The Kier molecular flexibility index (Phi) is 4.86. The molecule has 0 unspecified atom stereocenters. The first-order chi connectivity index (χ1) is 12.5. The van der Waals surface area contributed by atoms with Crippen LogP contribution in [0.4, 0.5) is 5.69 Å². The summed E-state index contributed by atoms with van der Waals surface area (Å²) in [6.45, 7) is 0. The average Bonchev–Trinajstić information content (AvgIpc) is 3.09. The molecule has 2 N–H and O–H groups in total. The molecule has 0 fully saturated rings. The molecule has 6 nitrogen and oxygen atoms in total. The molecule has 130 valence electrons. The Hall–Kier alpha value is -3.38. The minimum Gasteiger partial charge on any atom is -0.478 e. The number of carbonyl (C=O) groups is 2. The second-order valence-corrected chi connectivity index (χ2v) is 5.79. The number of aromatic carboxylic acids is 2. The quantitative estimate of drug-likeness (QED) is 0.657. The van der Waals surface area contributed by atoms with E-state index in [2.05, 4.69) is 4.99 Å². The maximum absolute atomic E-state index is 11.1. The van der Waals surface area contributed by atoms with E-state index < -0.39 is 11.9 Å². The number of aliphatic imine (C=N–C) groups is 1. The van der Waals surface area contributed by atoms with Gasteiger partial charge in [0.25, 0.3) is 0 Å². The minimum absolute atomic E-state index is 0.0224. The second kappa shape index (κ2) is 7.25. The number of carboxylic acid groups (broad SMARTS) is 2. The van der Waals surface area contributed by atoms with Crippen LogP contribution in [0.25, 0.3) is 5.69 Å². The second-order valence-electron chi connectivity index (χ2n) is 5.39. The average molecular weight is 369 g/mol. The summed E-state index contributed by atoms with van der Waals surface area (Å²) in [5.41, 5.74) is 1.99. The van der Waals surface area contributed by atoms with Gasteiger partial charge in [-0.1, -0.05) is 17.7 Å². The molecular formula is C19H13ClN2O4. The number of hydrogen-bond donors (Lipinski definition) is 2. The molecule has 0 saturated carbocycles. The molecule has 0 aliphatic carbocycles. The van der Waals surface area contributed by atoms with Gasteiger partial charge in [-0.15, -0.1) is 0 Å². The number of carboxylic acids is 2. The summed E-state index contributed by atoms with van der Waals surface area (Å²) in [7, 11) is 0. The van der Waals surface area contributed by atoms with Crippen molar-refractivity contribution in [2.24, 2.45) is 4.99 Å². The van der Waals surface area contributed by atoms with Gasteiger partial charge in [0.1, 0.15) is 0 Å². The molecule has 1 heterocycles. The standard InChI is InChI=1S/C19H13ClN2O4/c20-17-7-6-13(10-16(17)19(25)26)21-11-15-5-2-8-22(15)14-4-1-3-12(9-14)18(23)24/h1-11H,(H,23,24)(H,25,26). The molecule has 0 aliphatic rings. The van der Waals surface area contributed by atoms with Crippen LogP contribution in [0, 0.1) is 0 Å². The van der Waals surface area contributed by atoms with E-state index in [-0.39, 0.29) is 16.1 Å². The zero-order valence-corrected chi connectivity index (χ0v) is 14.1. The van der Waals surface area contributed by atoms with Crippen molar-refractivity contribution in [3.05, 3.63) is 82.6 Å². The summed E-state index contributed by atoms with van der Waals surface area (Å²) in [4.78, 5) is 26.6. The third-order valence-corrected chi connectivity index (χ3v) is 4.01. The number of nitrogens with zero attached hydrogens (tertiary/aromatic N) is 2. The van der Waals surface area contributed by atoms with Gasteiger partial charge >= 0.3 is 11.9 Å². The lowest BCUT2D eigenvalue weighted by molar-refractivity contribution is 0.0686. The molecule has 1 aromatic heterocycles. The SMILES string of the molecule is O=C(O)c1cccc(-n2cccc2C=Nc2ccc(Cl)c(C(=O)O)c2)c1. The molecule has 3 aromatic rings. The Morgan fingerprint density at radius 1 is 1.00 bits per heavy atom. The Balaban J connectivity index is 1.94. The molecule has 0 amide bonds. The van der Waals surface area contributed by atoms with Crippen molar-refractivity contribution < 1.29 is 19.8 Å². The Bertz CT molecular complexity index is 1020. The summed E-state index contributed by atoms with van der Waals surface area (Å²) in [6, 6.07) is 14.6. The fraction of sp³-hybridized carbons (Fsp3) is 0. The summed E-state index contributed by atoms with van der Waals surface area (Å²) in [5.74, 6) is -2.13. The fourth-order valence-electron chi connectivity index (χ4n) is 2.42. The first kappa shape index (κ1) is 17.4. The molecule has 0 aliphatic heterocycles. The number of rotatable bonds is 5. The van der Waals surface area contributed by atoms with Crippen molar-refractivity contribution in [2.45, 2.75) is 0 Å². The van der Waals surface area contributed by atoms with Crippen molar-refractivity contribution in [1.82, 2.24) is 4.57 Å². The molecule has 0 atom stereocenters. The van der Waals surface area contributed by atoms with Crippen LogP contribution < -0.4 is 0 Å². The van der Waals surface area contributed by atoms with Crippen LogP contribution in [0.2, 0.25) is 5.02 Å². The van der Waals surface area contributed by atoms with Gasteiger partial charge in [-0.3, -0.25) is 4.99 Å². The van der Waals surface area contributed by atoms with Crippen molar-refractivity contribution in [1.29, 1.82) is 0 Å². The van der Waals surface area contributed by atoms with Gasteiger partial charge in [0.2, 0.25) is 0 Å². The van der Waals surface area contributed by atoms with Crippen molar-refractivity contribution in [3.63, 3.8) is 0 Å². The topological polar surface area (TPSA) is 91.9 Å². The third kappa shape index (κ3) is 3.65. The zero-order chi connectivity index (χ0) is 18.7. The number of aromatic nitrogens is 1. The number of halogens is 1. The van der Waals surface area contributed by atoms with Crippen LogP contribution in [-0.2, 0) is 0 Å². The molecule has 26 heavy (non-hydrogen) atoms. The van der Waals surface area contributed by atoms with Gasteiger partial charge in [-0.2, -0.15) is 0 Å². The van der Waals surface area contributed by atoms with E-state index in [1.165, 1.54) is 18.2 Å². The van der Waals surface area contributed by atoms with Crippen LogP contribution in [-0.4, -0.2) is 32.9 Å². The smallest absolute Gasteiger partial charge is 0.337 e.